The number of hydrogen-bond donors (Lipinski definition) is 1. The maximum Gasteiger partial charge on any atom is 0.207 e. The third-order valence-electron chi connectivity index (χ3n) is 0.968. The van der Waals surface area contributed by atoms with E-state index in [9.17, 15) is 4.79 Å². The van der Waals surface area contributed by atoms with Crippen molar-refractivity contribution >= 4 is 18.2 Å². The van der Waals surface area contributed by atoms with E-state index in [1.165, 1.54) is 0 Å². The second kappa shape index (κ2) is 5.69. The van der Waals surface area contributed by atoms with Gasteiger partial charge in [0, 0.05) is 11.8 Å². The number of carbonyl (C=O) groups excluding carboxylic acids is 1. The van der Waals surface area contributed by atoms with Gasteiger partial charge in [0.25, 0.3) is 0 Å². The second-order valence-corrected chi connectivity index (χ2v) is 2.61. The zero-order valence-corrected chi connectivity index (χ0v) is 6.28. The molecule has 0 radical (unpaired) electrons. The Hall–Kier alpha value is -0.440. The molecule has 1 amide bonds. The Bertz CT molecular complexity index is 95.1. The first kappa shape index (κ1) is 8.56. The number of hydrogen-bond acceptors (Lipinski definition) is 2. The van der Waals surface area contributed by atoms with Crippen molar-refractivity contribution in [1.82, 2.24) is 5.32 Å². The van der Waals surface area contributed by atoms with Gasteiger partial charge in [-0.15, -0.1) is 6.58 Å². The highest BCUT2D eigenvalue weighted by Gasteiger charge is 1.97. The van der Waals surface area contributed by atoms with Crippen LogP contribution in [-0.4, -0.2) is 24.5 Å². The predicted octanol–water partition coefficient (Wildman–Crippen LogP) is 0.650. The monoisotopic (exact) mass is 145 g/mol. The summed E-state index contributed by atoms with van der Waals surface area (Å²) < 4.78 is 0. The second-order valence-electron chi connectivity index (χ2n) is 1.54. The molecule has 0 spiro atoms. The van der Waals surface area contributed by atoms with Crippen LogP contribution in [0.2, 0.25) is 0 Å². The van der Waals surface area contributed by atoms with Gasteiger partial charge in [-0.1, -0.05) is 6.08 Å². The molecule has 0 aliphatic rings. The van der Waals surface area contributed by atoms with Crippen molar-refractivity contribution in [3.05, 3.63) is 12.7 Å². The first-order valence-electron chi connectivity index (χ1n) is 2.67. The fourth-order valence-electron chi connectivity index (χ4n) is 0.427. The summed E-state index contributed by atoms with van der Waals surface area (Å²) in [6.45, 7) is 4.28. The van der Waals surface area contributed by atoms with Crippen molar-refractivity contribution in [2.24, 2.45) is 0 Å². The Morgan fingerprint density at radius 3 is 2.89 bits per heavy atom. The lowest BCUT2D eigenvalue weighted by Gasteiger charge is -2.05. The van der Waals surface area contributed by atoms with Crippen molar-refractivity contribution in [3.8, 4) is 0 Å². The van der Waals surface area contributed by atoms with Gasteiger partial charge in [0.05, 0.1) is 0 Å². The van der Waals surface area contributed by atoms with Gasteiger partial charge in [0.1, 0.15) is 0 Å². The van der Waals surface area contributed by atoms with Crippen LogP contribution in [0.5, 0.6) is 0 Å². The molecule has 3 heteroatoms. The van der Waals surface area contributed by atoms with Crippen LogP contribution in [0.1, 0.15) is 0 Å². The Morgan fingerprint density at radius 1 is 1.89 bits per heavy atom. The molecule has 2 nitrogen and oxygen atoms in total. The highest BCUT2D eigenvalue weighted by atomic mass is 32.2. The van der Waals surface area contributed by atoms with Crippen LogP contribution in [0.25, 0.3) is 0 Å². The minimum Gasteiger partial charge on any atom is -0.357 e. The first-order valence-corrected chi connectivity index (χ1v) is 3.96. The maximum atomic E-state index is 9.79. The number of thioether (sulfide) groups is 1. The minimum atomic E-state index is 0.343. The van der Waals surface area contributed by atoms with E-state index in [2.05, 4.69) is 11.9 Å². The summed E-state index contributed by atoms with van der Waals surface area (Å²) in [5.41, 5.74) is 0. The van der Waals surface area contributed by atoms with Crippen LogP contribution in [-0.2, 0) is 4.79 Å². The highest BCUT2D eigenvalue weighted by molar-refractivity contribution is 7.99. The van der Waals surface area contributed by atoms with E-state index in [4.69, 9.17) is 0 Å². The molecule has 1 unspecified atom stereocenters. The molecule has 0 saturated heterocycles. The fraction of sp³-hybridized carbons (Fsp3) is 0.500. The molecule has 9 heavy (non-hydrogen) atoms. The van der Waals surface area contributed by atoms with Gasteiger partial charge >= 0.3 is 0 Å². The molecule has 1 atom stereocenters. The van der Waals surface area contributed by atoms with Crippen molar-refractivity contribution in [1.29, 1.82) is 0 Å². The van der Waals surface area contributed by atoms with Gasteiger partial charge in [0.2, 0.25) is 6.41 Å². The molecule has 0 aromatic carbocycles. The van der Waals surface area contributed by atoms with Crippen molar-refractivity contribution in [2.75, 3.05) is 12.8 Å². The molecule has 0 saturated carbocycles. The van der Waals surface area contributed by atoms with E-state index in [1.807, 2.05) is 12.3 Å². The summed E-state index contributed by atoms with van der Waals surface area (Å²) in [5.74, 6) is 0. The van der Waals surface area contributed by atoms with Crippen LogP contribution in [0.3, 0.4) is 0 Å². The molecule has 0 fully saturated rings. The zero-order chi connectivity index (χ0) is 7.11. The summed E-state index contributed by atoms with van der Waals surface area (Å²) >= 11 is 1.67. The van der Waals surface area contributed by atoms with Gasteiger partial charge in [-0.05, 0) is 6.26 Å². The Kier molecular flexibility index (Phi) is 5.41. The zero-order valence-electron chi connectivity index (χ0n) is 5.46. The molecule has 1 N–H and O–H groups in total. The van der Waals surface area contributed by atoms with Crippen LogP contribution in [0.4, 0.5) is 0 Å². The van der Waals surface area contributed by atoms with E-state index in [0.717, 1.165) is 0 Å². The summed E-state index contributed by atoms with van der Waals surface area (Å²) in [7, 11) is 0. The molecule has 0 heterocycles. The molecule has 0 aliphatic carbocycles. The average molecular weight is 145 g/mol. The highest BCUT2D eigenvalue weighted by Crippen LogP contribution is 2.04. The lowest BCUT2D eigenvalue weighted by atomic mass is 10.4. The number of carbonyl (C=O) groups is 1. The lowest BCUT2D eigenvalue weighted by Crippen LogP contribution is -2.21. The van der Waals surface area contributed by atoms with Gasteiger partial charge < -0.3 is 5.32 Å². The number of rotatable bonds is 5. The Balaban J connectivity index is 3.30. The van der Waals surface area contributed by atoms with Crippen LogP contribution in [0, 0.1) is 0 Å². The fourth-order valence-corrected chi connectivity index (χ4v) is 0.882. The Morgan fingerprint density at radius 2 is 2.56 bits per heavy atom. The van der Waals surface area contributed by atoms with Gasteiger partial charge in [-0.25, -0.2) is 0 Å². The molecular weight excluding hydrogens is 134 g/mol. The third-order valence-corrected chi connectivity index (χ3v) is 1.93. The summed E-state index contributed by atoms with van der Waals surface area (Å²) in [4.78, 5) is 9.79. The van der Waals surface area contributed by atoms with E-state index in [-0.39, 0.29) is 0 Å². The van der Waals surface area contributed by atoms with Gasteiger partial charge in [-0.3, -0.25) is 4.79 Å². The first-order chi connectivity index (χ1) is 4.35. The predicted molar refractivity (Wildman–Crippen MR) is 41.6 cm³/mol. The van der Waals surface area contributed by atoms with Crippen molar-refractivity contribution in [2.45, 2.75) is 5.25 Å². The van der Waals surface area contributed by atoms with Gasteiger partial charge in [-0.2, -0.15) is 11.8 Å². The Labute approximate surface area is 59.7 Å². The van der Waals surface area contributed by atoms with Gasteiger partial charge in [0.15, 0.2) is 0 Å². The average Bonchev–Trinajstić information content (AvgIpc) is 1.91. The van der Waals surface area contributed by atoms with E-state index < -0.39 is 0 Å². The van der Waals surface area contributed by atoms with Crippen LogP contribution >= 0.6 is 11.8 Å². The summed E-state index contributed by atoms with van der Waals surface area (Å²) in [5, 5.41) is 2.92. The smallest absolute Gasteiger partial charge is 0.207 e. The lowest BCUT2D eigenvalue weighted by molar-refractivity contribution is -0.109. The largest absolute Gasteiger partial charge is 0.357 e. The normalized spacial score (nSPS) is 12.1. The molecule has 52 valence electrons. The van der Waals surface area contributed by atoms with Crippen LogP contribution < -0.4 is 5.32 Å². The molecule has 0 bridgehead atoms. The topological polar surface area (TPSA) is 29.1 Å². The van der Waals surface area contributed by atoms with E-state index in [0.29, 0.717) is 18.2 Å². The number of amides is 1. The van der Waals surface area contributed by atoms with Crippen molar-refractivity contribution in [3.63, 3.8) is 0 Å². The van der Waals surface area contributed by atoms with Crippen molar-refractivity contribution < 1.29 is 4.79 Å². The number of nitrogens with one attached hydrogen (secondary N) is 1. The van der Waals surface area contributed by atoms with E-state index in [1.54, 1.807) is 11.8 Å². The summed E-state index contributed by atoms with van der Waals surface area (Å²) in [6, 6.07) is 0. The molecule has 0 rings (SSSR count). The molecule has 0 aliphatic heterocycles. The summed E-state index contributed by atoms with van der Waals surface area (Å²) in [6.07, 6.45) is 4.51. The minimum absolute atomic E-state index is 0.343. The van der Waals surface area contributed by atoms with E-state index >= 15 is 0 Å². The molecule has 0 aromatic rings. The third kappa shape index (κ3) is 4.09. The standard InChI is InChI=1S/C6H11NOS/c1-3-6(9-2)4-7-5-8/h3,5-6H,1,4H2,2H3,(H,7,8). The molecule has 0 aromatic heterocycles. The molecular formula is C6H11NOS. The quantitative estimate of drug-likeness (QED) is 0.454. The van der Waals surface area contributed by atoms with Crippen LogP contribution in [0.15, 0.2) is 12.7 Å². The SMILES string of the molecule is C=CC(CNC=O)SC. The maximum absolute atomic E-state index is 9.79.